The first-order valence-corrected chi connectivity index (χ1v) is 7.99. The fourth-order valence-electron chi connectivity index (χ4n) is 2.76. The number of likely N-dealkylation sites (tertiary alicyclic amines) is 1. The monoisotopic (exact) mass is 393 g/mol. The molecule has 0 aliphatic carbocycles. The van der Waals surface area contributed by atoms with Gasteiger partial charge in [-0.15, -0.1) is 0 Å². The third-order valence-corrected chi connectivity index (χ3v) is 4.37. The molecule has 2 rings (SSSR count). The van der Waals surface area contributed by atoms with Crippen LogP contribution in [0.4, 0.5) is 8.78 Å². The first-order valence-electron chi connectivity index (χ1n) is 7.20. The average molecular weight is 394 g/mol. The second-order valence-electron chi connectivity index (χ2n) is 5.31. The maximum Gasteiger partial charge on any atom is 0.387 e. The third kappa shape index (κ3) is 4.54. The van der Waals surface area contributed by atoms with Gasteiger partial charge in [0.25, 0.3) is 0 Å². The summed E-state index contributed by atoms with van der Waals surface area (Å²) in [6.45, 7) is -1.86. The topological polar surface area (TPSA) is 59.0 Å². The van der Waals surface area contributed by atoms with Gasteiger partial charge in [-0.3, -0.25) is 9.69 Å². The lowest BCUT2D eigenvalue weighted by Crippen LogP contribution is -2.44. The van der Waals surface area contributed by atoms with E-state index in [-0.39, 0.29) is 11.5 Å². The molecule has 1 aliphatic rings. The lowest BCUT2D eigenvalue weighted by Gasteiger charge is -2.33. The van der Waals surface area contributed by atoms with E-state index in [0.29, 0.717) is 24.0 Å². The predicted octanol–water partition coefficient (Wildman–Crippen LogP) is 3.50. The number of alkyl halides is 2. The van der Waals surface area contributed by atoms with E-state index in [0.717, 1.165) is 18.4 Å². The molecule has 1 aromatic carbocycles. The summed E-state index contributed by atoms with van der Waals surface area (Å²) in [5.74, 6) is -0.730. The number of benzene rings is 1. The van der Waals surface area contributed by atoms with Gasteiger partial charge in [0.1, 0.15) is 6.04 Å². The molecule has 128 valence electrons. The zero-order chi connectivity index (χ0) is 17.0. The van der Waals surface area contributed by atoms with Crippen LogP contribution in [-0.4, -0.2) is 42.3 Å². The molecule has 0 radical (unpaired) electrons. The van der Waals surface area contributed by atoms with Gasteiger partial charge in [-0.25, -0.2) is 0 Å². The molecule has 1 saturated heterocycles. The van der Waals surface area contributed by atoms with Crippen LogP contribution in [0.15, 0.2) is 16.6 Å². The van der Waals surface area contributed by atoms with Crippen molar-refractivity contribution in [3.63, 3.8) is 0 Å². The highest BCUT2D eigenvalue weighted by Gasteiger charge is 2.28. The van der Waals surface area contributed by atoms with Crippen molar-refractivity contribution in [1.29, 1.82) is 0 Å². The average Bonchev–Trinajstić information content (AvgIpc) is 2.49. The molecule has 0 amide bonds. The zero-order valence-electron chi connectivity index (χ0n) is 12.6. The highest BCUT2D eigenvalue weighted by Crippen LogP contribution is 2.38. The van der Waals surface area contributed by atoms with E-state index in [1.165, 1.54) is 7.11 Å². The van der Waals surface area contributed by atoms with Crippen LogP contribution < -0.4 is 9.47 Å². The summed E-state index contributed by atoms with van der Waals surface area (Å²) >= 11 is 3.20. The summed E-state index contributed by atoms with van der Waals surface area (Å²) in [4.78, 5) is 13.2. The molecule has 1 aromatic rings. The van der Waals surface area contributed by atoms with Gasteiger partial charge in [0.05, 0.1) is 11.6 Å². The number of halogens is 3. The molecular weight excluding hydrogens is 376 g/mol. The zero-order valence-corrected chi connectivity index (χ0v) is 14.2. The van der Waals surface area contributed by atoms with Crippen molar-refractivity contribution in [2.75, 3.05) is 13.7 Å². The SMILES string of the molecule is COc1cc(CN2CCCCC2C(=O)O)cc(Br)c1OC(F)F. The Morgan fingerprint density at radius 1 is 1.48 bits per heavy atom. The predicted molar refractivity (Wildman–Crippen MR) is 83.0 cm³/mol. The van der Waals surface area contributed by atoms with Gasteiger partial charge in [-0.05, 0) is 53.0 Å². The molecule has 0 saturated carbocycles. The van der Waals surface area contributed by atoms with Crippen LogP contribution in [0.5, 0.6) is 11.5 Å². The molecule has 8 heteroatoms. The van der Waals surface area contributed by atoms with Crippen LogP contribution in [0, 0.1) is 0 Å². The second kappa shape index (κ2) is 7.92. The molecule has 1 fully saturated rings. The number of piperidine rings is 1. The lowest BCUT2D eigenvalue weighted by molar-refractivity contribution is -0.144. The summed E-state index contributed by atoms with van der Waals surface area (Å²) in [5.41, 5.74) is 0.767. The number of hydrogen-bond acceptors (Lipinski definition) is 4. The maximum atomic E-state index is 12.5. The van der Waals surface area contributed by atoms with Gasteiger partial charge in [0.15, 0.2) is 11.5 Å². The van der Waals surface area contributed by atoms with E-state index in [1.54, 1.807) is 12.1 Å². The summed E-state index contributed by atoms with van der Waals surface area (Å²) in [6.07, 6.45) is 2.44. The molecule has 1 N–H and O–H groups in total. The minimum absolute atomic E-state index is 0.0697. The van der Waals surface area contributed by atoms with E-state index < -0.39 is 18.6 Å². The van der Waals surface area contributed by atoms with Crippen molar-refractivity contribution >= 4 is 21.9 Å². The van der Waals surface area contributed by atoms with Crippen LogP contribution in [0.3, 0.4) is 0 Å². The smallest absolute Gasteiger partial charge is 0.387 e. The third-order valence-electron chi connectivity index (χ3n) is 3.78. The standard InChI is InChI=1S/C15H18BrF2NO4/c1-22-12-7-9(6-10(16)13(12)23-15(17)18)8-19-5-3-2-4-11(19)14(20)21/h6-7,11,15H,2-5,8H2,1H3,(H,20,21). The minimum Gasteiger partial charge on any atom is -0.493 e. The Hall–Kier alpha value is -1.41. The lowest BCUT2D eigenvalue weighted by atomic mass is 10.0. The molecule has 0 bridgehead atoms. The van der Waals surface area contributed by atoms with Crippen LogP contribution in [0.1, 0.15) is 24.8 Å². The summed E-state index contributed by atoms with van der Waals surface area (Å²) in [7, 11) is 1.37. The maximum absolute atomic E-state index is 12.5. The van der Waals surface area contributed by atoms with Crippen LogP contribution >= 0.6 is 15.9 Å². The summed E-state index contributed by atoms with van der Waals surface area (Å²) in [5, 5.41) is 9.31. The van der Waals surface area contributed by atoms with Crippen molar-refractivity contribution in [3.8, 4) is 11.5 Å². The Balaban J connectivity index is 2.22. The molecular formula is C15H18BrF2NO4. The van der Waals surface area contributed by atoms with E-state index in [2.05, 4.69) is 20.7 Å². The van der Waals surface area contributed by atoms with E-state index in [9.17, 15) is 18.7 Å². The van der Waals surface area contributed by atoms with Crippen molar-refractivity contribution in [2.24, 2.45) is 0 Å². The van der Waals surface area contributed by atoms with E-state index in [4.69, 9.17) is 4.74 Å². The van der Waals surface area contributed by atoms with Gasteiger partial charge >= 0.3 is 12.6 Å². The Morgan fingerprint density at radius 2 is 2.22 bits per heavy atom. The number of nitrogens with zero attached hydrogens (tertiary/aromatic N) is 1. The van der Waals surface area contributed by atoms with Crippen molar-refractivity contribution in [1.82, 2.24) is 4.90 Å². The number of ether oxygens (including phenoxy) is 2. The molecule has 1 heterocycles. The van der Waals surface area contributed by atoms with E-state index >= 15 is 0 Å². The molecule has 0 spiro atoms. The Labute approximate surface area is 141 Å². The number of rotatable bonds is 6. The highest BCUT2D eigenvalue weighted by molar-refractivity contribution is 9.10. The Bertz CT molecular complexity index is 571. The van der Waals surface area contributed by atoms with Crippen molar-refractivity contribution in [2.45, 2.75) is 38.5 Å². The fraction of sp³-hybridized carbons (Fsp3) is 0.533. The molecule has 5 nitrogen and oxygen atoms in total. The fourth-order valence-corrected chi connectivity index (χ4v) is 3.35. The number of methoxy groups -OCH3 is 1. The Morgan fingerprint density at radius 3 is 2.83 bits per heavy atom. The number of carboxylic acid groups (broad SMARTS) is 1. The largest absolute Gasteiger partial charge is 0.493 e. The minimum atomic E-state index is -2.95. The molecule has 1 atom stereocenters. The summed E-state index contributed by atoms with van der Waals surface area (Å²) < 4.78 is 34.8. The quantitative estimate of drug-likeness (QED) is 0.801. The van der Waals surface area contributed by atoms with Crippen molar-refractivity contribution < 1.29 is 28.2 Å². The first kappa shape index (κ1) is 17.9. The number of aliphatic carboxylic acids is 1. The molecule has 1 unspecified atom stereocenters. The van der Waals surface area contributed by atoms with Gasteiger partial charge in [-0.2, -0.15) is 8.78 Å². The molecule has 23 heavy (non-hydrogen) atoms. The number of carboxylic acids is 1. The van der Waals surface area contributed by atoms with E-state index in [1.807, 2.05) is 4.90 Å². The molecule has 1 aliphatic heterocycles. The first-order chi connectivity index (χ1) is 10.9. The number of hydrogen-bond donors (Lipinski definition) is 1. The second-order valence-corrected chi connectivity index (χ2v) is 6.16. The van der Waals surface area contributed by atoms with Crippen molar-refractivity contribution in [3.05, 3.63) is 22.2 Å². The van der Waals surface area contributed by atoms with Crippen LogP contribution in [-0.2, 0) is 11.3 Å². The normalized spacial score (nSPS) is 18.9. The van der Waals surface area contributed by atoms with Gasteiger partial charge in [0, 0.05) is 6.54 Å². The van der Waals surface area contributed by atoms with Gasteiger partial charge < -0.3 is 14.6 Å². The molecule has 0 aromatic heterocycles. The van der Waals surface area contributed by atoms with Gasteiger partial charge in [0.2, 0.25) is 0 Å². The van der Waals surface area contributed by atoms with Gasteiger partial charge in [-0.1, -0.05) is 6.42 Å². The Kier molecular flexibility index (Phi) is 6.17. The highest BCUT2D eigenvalue weighted by atomic mass is 79.9. The summed E-state index contributed by atoms with van der Waals surface area (Å²) in [6, 6.07) is 2.72. The van der Waals surface area contributed by atoms with Crippen LogP contribution in [0.25, 0.3) is 0 Å². The number of carbonyl (C=O) groups is 1. The van der Waals surface area contributed by atoms with Crippen LogP contribution in [0.2, 0.25) is 0 Å².